The van der Waals surface area contributed by atoms with E-state index >= 15 is 0 Å². The molecule has 3 rings (SSSR count). The summed E-state index contributed by atoms with van der Waals surface area (Å²) in [5.41, 5.74) is 1.26. The van der Waals surface area contributed by atoms with Crippen molar-refractivity contribution in [2.24, 2.45) is 0 Å². The maximum absolute atomic E-state index is 10.8. The number of fused-ring (bicyclic) bond motifs is 1. The molecule has 20 heavy (non-hydrogen) atoms. The van der Waals surface area contributed by atoms with Crippen molar-refractivity contribution in [1.29, 1.82) is 5.26 Å². The highest BCUT2D eigenvalue weighted by Crippen LogP contribution is 2.31. The summed E-state index contributed by atoms with van der Waals surface area (Å²) in [6, 6.07) is 10.1. The van der Waals surface area contributed by atoms with E-state index in [-0.39, 0.29) is 6.42 Å². The van der Waals surface area contributed by atoms with Crippen LogP contribution in [-0.4, -0.2) is 20.3 Å². The van der Waals surface area contributed by atoms with Gasteiger partial charge in [-0.05, 0) is 25.0 Å². The molecular formula is C16H19N3O. The van der Waals surface area contributed by atoms with Crippen LogP contribution in [0.1, 0.15) is 37.9 Å². The lowest BCUT2D eigenvalue weighted by molar-refractivity contribution is -0.0111. The molecule has 1 aliphatic carbocycles. The average Bonchev–Trinajstić information content (AvgIpc) is 2.78. The normalized spacial score (nSPS) is 18.0. The molecule has 1 aliphatic rings. The average molecular weight is 269 g/mol. The number of imidazole rings is 1. The standard InChI is InChI=1S/C16H19N3O/c17-11-8-15-18-13-6-2-3-7-14(13)19(15)12-16(20)9-4-1-5-10-16/h2-3,6-7,20H,1,4-5,8-10,12H2. The predicted octanol–water partition coefficient (Wildman–Crippen LogP) is 2.80. The highest BCUT2D eigenvalue weighted by molar-refractivity contribution is 5.76. The first kappa shape index (κ1) is 13.1. The summed E-state index contributed by atoms with van der Waals surface area (Å²) in [6.07, 6.45) is 5.33. The van der Waals surface area contributed by atoms with Gasteiger partial charge in [0.05, 0.1) is 35.7 Å². The number of nitriles is 1. The summed E-state index contributed by atoms with van der Waals surface area (Å²) in [4.78, 5) is 4.53. The van der Waals surface area contributed by atoms with Crippen LogP contribution in [0.5, 0.6) is 0 Å². The molecule has 2 aromatic rings. The molecule has 1 aromatic heterocycles. The van der Waals surface area contributed by atoms with Crippen LogP contribution >= 0.6 is 0 Å². The number of aromatic nitrogens is 2. The van der Waals surface area contributed by atoms with E-state index in [1.54, 1.807) is 0 Å². The van der Waals surface area contributed by atoms with Gasteiger partial charge in [-0.25, -0.2) is 4.98 Å². The molecule has 0 radical (unpaired) electrons. The first-order valence-electron chi connectivity index (χ1n) is 7.25. The largest absolute Gasteiger partial charge is 0.388 e. The second-order valence-electron chi connectivity index (χ2n) is 5.72. The molecule has 0 unspecified atom stereocenters. The van der Waals surface area contributed by atoms with Crippen LogP contribution in [0.25, 0.3) is 11.0 Å². The van der Waals surface area contributed by atoms with Crippen LogP contribution < -0.4 is 0 Å². The van der Waals surface area contributed by atoms with Crippen LogP contribution in [0.2, 0.25) is 0 Å². The molecule has 1 N–H and O–H groups in total. The van der Waals surface area contributed by atoms with Crippen LogP contribution in [0.3, 0.4) is 0 Å². The number of rotatable bonds is 3. The van der Waals surface area contributed by atoms with Gasteiger partial charge in [0, 0.05) is 0 Å². The van der Waals surface area contributed by atoms with Crippen LogP contribution in [-0.2, 0) is 13.0 Å². The Morgan fingerprint density at radius 1 is 1.25 bits per heavy atom. The first-order valence-corrected chi connectivity index (χ1v) is 7.25. The zero-order chi connectivity index (χ0) is 14.0. The highest BCUT2D eigenvalue weighted by atomic mass is 16.3. The summed E-state index contributed by atoms with van der Waals surface area (Å²) in [5, 5.41) is 19.7. The Labute approximate surface area is 118 Å². The Kier molecular flexibility index (Phi) is 3.45. The Morgan fingerprint density at radius 2 is 2.00 bits per heavy atom. The zero-order valence-electron chi connectivity index (χ0n) is 11.5. The molecule has 1 aromatic carbocycles. The number of para-hydroxylation sites is 2. The smallest absolute Gasteiger partial charge is 0.124 e. The summed E-state index contributed by atoms with van der Waals surface area (Å²) in [7, 11) is 0. The fourth-order valence-electron chi connectivity index (χ4n) is 3.17. The number of aliphatic hydroxyl groups is 1. The molecule has 1 saturated carbocycles. The van der Waals surface area contributed by atoms with Crippen molar-refractivity contribution in [1.82, 2.24) is 9.55 Å². The third-order valence-electron chi connectivity index (χ3n) is 4.21. The molecule has 0 amide bonds. The van der Waals surface area contributed by atoms with Gasteiger partial charge in [0.15, 0.2) is 0 Å². The van der Waals surface area contributed by atoms with Gasteiger partial charge in [-0.2, -0.15) is 5.26 Å². The minimum absolute atomic E-state index is 0.282. The minimum Gasteiger partial charge on any atom is -0.388 e. The number of hydrogen-bond donors (Lipinski definition) is 1. The SMILES string of the molecule is N#CCc1nc2ccccc2n1CC1(O)CCCCC1. The van der Waals surface area contributed by atoms with Gasteiger partial charge in [0.2, 0.25) is 0 Å². The van der Waals surface area contributed by atoms with E-state index in [9.17, 15) is 5.11 Å². The third kappa shape index (κ3) is 2.41. The van der Waals surface area contributed by atoms with Crippen LogP contribution in [0.15, 0.2) is 24.3 Å². The van der Waals surface area contributed by atoms with Crippen molar-refractivity contribution < 1.29 is 5.11 Å². The van der Waals surface area contributed by atoms with Crippen molar-refractivity contribution in [3.05, 3.63) is 30.1 Å². The summed E-state index contributed by atoms with van der Waals surface area (Å²) >= 11 is 0. The van der Waals surface area contributed by atoms with Crippen molar-refractivity contribution in [2.75, 3.05) is 0 Å². The lowest BCUT2D eigenvalue weighted by Gasteiger charge is -2.33. The second-order valence-corrected chi connectivity index (χ2v) is 5.72. The zero-order valence-corrected chi connectivity index (χ0v) is 11.5. The topological polar surface area (TPSA) is 61.8 Å². The van der Waals surface area contributed by atoms with Crippen molar-refractivity contribution in [2.45, 2.75) is 50.7 Å². The van der Waals surface area contributed by atoms with E-state index in [0.29, 0.717) is 6.54 Å². The Hall–Kier alpha value is -1.86. The molecule has 104 valence electrons. The lowest BCUT2D eigenvalue weighted by atomic mass is 9.85. The highest BCUT2D eigenvalue weighted by Gasteiger charge is 2.30. The van der Waals surface area contributed by atoms with E-state index < -0.39 is 5.60 Å². The van der Waals surface area contributed by atoms with E-state index in [4.69, 9.17) is 5.26 Å². The fraction of sp³-hybridized carbons (Fsp3) is 0.500. The molecule has 0 spiro atoms. The monoisotopic (exact) mass is 269 g/mol. The molecule has 0 aliphatic heterocycles. The van der Waals surface area contributed by atoms with Gasteiger partial charge >= 0.3 is 0 Å². The van der Waals surface area contributed by atoms with Gasteiger partial charge in [-0.1, -0.05) is 31.4 Å². The lowest BCUT2D eigenvalue weighted by Crippen LogP contribution is -2.36. The molecule has 0 saturated heterocycles. The second kappa shape index (κ2) is 5.26. The predicted molar refractivity (Wildman–Crippen MR) is 77.1 cm³/mol. The quantitative estimate of drug-likeness (QED) is 0.932. The maximum Gasteiger partial charge on any atom is 0.124 e. The Bertz CT molecular complexity index is 647. The first-order chi connectivity index (χ1) is 9.72. The number of benzene rings is 1. The maximum atomic E-state index is 10.8. The molecule has 0 bridgehead atoms. The van der Waals surface area contributed by atoms with E-state index in [2.05, 4.69) is 11.1 Å². The summed E-state index contributed by atoms with van der Waals surface area (Å²) in [6.45, 7) is 0.546. The van der Waals surface area contributed by atoms with Crippen LogP contribution in [0.4, 0.5) is 0 Å². The minimum atomic E-state index is -0.647. The molecule has 1 fully saturated rings. The molecular weight excluding hydrogens is 250 g/mol. The summed E-state index contributed by atoms with van der Waals surface area (Å²) < 4.78 is 2.03. The molecule has 4 heteroatoms. The van der Waals surface area contributed by atoms with E-state index in [1.165, 1.54) is 6.42 Å². The Balaban J connectivity index is 2.00. The molecule has 0 atom stereocenters. The fourth-order valence-corrected chi connectivity index (χ4v) is 3.17. The van der Waals surface area contributed by atoms with E-state index in [0.717, 1.165) is 42.5 Å². The molecule has 4 nitrogen and oxygen atoms in total. The summed E-state index contributed by atoms with van der Waals surface area (Å²) in [5.74, 6) is 0.757. The third-order valence-corrected chi connectivity index (χ3v) is 4.21. The number of hydrogen-bond acceptors (Lipinski definition) is 3. The van der Waals surface area contributed by atoms with Gasteiger partial charge in [0.25, 0.3) is 0 Å². The van der Waals surface area contributed by atoms with Gasteiger partial charge in [-0.15, -0.1) is 0 Å². The van der Waals surface area contributed by atoms with Gasteiger partial charge in [-0.3, -0.25) is 0 Å². The number of nitrogens with zero attached hydrogens (tertiary/aromatic N) is 3. The van der Waals surface area contributed by atoms with Gasteiger partial charge < -0.3 is 9.67 Å². The van der Waals surface area contributed by atoms with Crippen molar-refractivity contribution >= 4 is 11.0 Å². The van der Waals surface area contributed by atoms with Crippen molar-refractivity contribution in [3.8, 4) is 6.07 Å². The van der Waals surface area contributed by atoms with Crippen LogP contribution in [0, 0.1) is 11.3 Å². The Morgan fingerprint density at radius 3 is 2.75 bits per heavy atom. The van der Waals surface area contributed by atoms with E-state index in [1.807, 2.05) is 28.8 Å². The van der Waals surface area contributed by atoms with Crippen molar-refractivity contribution in [3.63, 3.8) is 0 Å². The van der Waals surface area contributed by atoms with Gasteiger partial charge in [0.1, 0.15) is 5.82 Å². The molecule has 1 heterocycles.